The molecule has 106 valence electrons. The summed E-state index contributed by atoms with van der Waals surface area (Å²) in [5, 5.41) is 9.72. The summed E-state index contributed by atoms with van der Waals surface area (Å²) in [4.78, 5) is 24.1. The molecule has 6 nitrogen and oxygen atoms in total. The van der Waals surface area contributed by atoms with Crippen molar-refractivity contribution in [3.63, 3.8) is 0 Å². The van der Waals surface area contributed by atoms with E-state index in [1.54, 1.807) is 24.5 Å². The summed E-state index contributed by atoms with van der Waals surface area (Å²) in [5.41, 5.74) is 6.72. The average molecular weight is 292 g/mol. The predicted octanol–water partition coefficient (Wildman–Crippen LogP) is 1.41. The Morgan fingerprint density at radius 2 is 2.40 bits per heavy atom. The first kappa shape index (κ1) is 14.4. The molecule has 1 aliphatic rings. The van der Waals surface area contributed by atoms with E-state index in [1.165, 1.54) is 0 Å². The van der Waals surface area contributed by atoms with E-state index in [-0.39, 0.29) is 24.2 Å². The maximum absolute atomic E-state index is 11.6. The molecule has 7 heteroatoms. The Hall–Kier alpha value is -2.02. The van der Waals surface area contributed by atoms with Gasteiger partial charge in [-0.15, -0.1) is 11.3 Å². The first-order valence-electron chi connectivity index (χ1n) is 6.28. The predicted molar refractivity (Wildman–Crippen MR) is 78.8 cm³/mol. The van der Waals surface area contributed by atoms with Crippen LogP contribution < -0.4 is 10.9 Å². The van der Waals surface area contributed by atoms with Gasteiger partial charge in [-0.2, -0.15) is 10.2 Å². The van der Waals surface area contributed by atoms with Crippen LogP contribution in [-0.2, 0) is 9.59 Å². The van der Waals surface area contributed by atoms with Crippen LogP contribution in [0.3, 0.4) is 0 Å². The van der Waals surface area contributed by atoms with Crippen molar-refractivity contribution in [1.82, 2.24) is 10.9 Å². The van der Waals surface area contributed by atoms with Gasteiger partial charge in [-0.25, -0.2) is 10.9 Å². The highest BCUT2D eigenvalue weighted by Crippen LogP contribution is 2.14. The number of carbonyl (C=O) groups excluding carboxylic acids is 2. The van der Waals surface area contributed by atoms with Crippen molar-refractivity contribution >= 4 is 35.1 Å². The van der Waals surface area contributed by atoms with Crippen molar-refractivity contribution in [1.29, 1.82) is 0 Å². The molecule has 1 aliphatic heterocycles. The molecule has 0 aromatic carbocycles. The van der Waals surface area contributed by atoms with Crippen LogP contribution in [0.25, 0.3) is 0 Å². The molecule has 2 rings (SSSR count). The van der Waals surface area contributed by atoms with Crippen LogP contribution in [0, 0.1) is 12.8 Å². The van der Waals surface area contributed by atoms with Crippen LogP contribution >= 0.6 is 11.3 Å². The standard InChI is InChI=1S/C13H16N4O2S/c1-8-5-6-20-11(8)7-14-16-12(18)4-3-10-9(2)15-17-13(10)19/h5-7,10H,3-4H2,1-2H3,(H,16,18)(H,17,19)/b14-7-. The number of nitrogens with one attached hydrogen (secondary N) is 2. The molecule has 0 fully saturated rings. The Kier molecular flexibility index (Phi) is 4.62. The van der Waals surface area contributed by atoms with Gasteiger partial charge in [0, 0.05) is 17.0 Å². The maximum Gasteiger partial charge on any atom is 0.248 e. The van der Waals surface area contributed by atoms with Crippen LogP contribution in [-0.4, -0.2) is 23.7 Å². The Morgan fingerprint density at radius 3 is 3.00 bits per heavy atom. The minimum atomic E-state index is -0.302. The lowest BCUT2D eigenvalue weighted by atomic mass is 9.99. The van der Waals surface area contributed by atoms with Crippen LogP contribution in [0.5, 0.6) is 0 Å². The lowest BCUT2D eigenvalue weighted by Gasteiger charge is -2.06. The summed E-state index contributed by atoms with van der Waals surface area (Å²) < 4.78 is 0. The van der Waals surface area contributed by atoms with Gasteiger partial charge < -0.3 is 0 Å². The van der Waals surface area contributed by atoms with Crippen molar-refractivity contribution in [2.24, 2.45) is 16.1 Å². The number of nitrogens with zero attached hydrogens (tertiary/aromatic N) is 2. The second-order valence-electron chi connectivity index (χ2n) is 4.58. The molecular weight excluding hydrogens is 276 g/mol. The molecular formula is C13H16N4O2S. The van der Waals surface area contributed by atoms with E-state index in [2.05, 4.69) is 21.1 Å². The number of hydrogen-bond donors (Lipinski definition) is 2. The number of hydrogen-bond acceptors (Lipinski definition) is 5. The first-order chi connectivity index (χ1) is 9.58. The number of thiophene rings is 1. The second kappa shape index (κ2) is 6.42. The average Bonchev–Trinajstić information content (AvgIpc) is 2.95. The lowest BCUT2D eigenvalue weighted by Crippen LogP contribution is -2.25. The Balaban J connectivity index is 1.76. The lowest BCUT2D eigenvalue weighted by molar-refractivity contribution is -0.123. The first-order valence-corrected chi connectivity index (χ1v) is 7.16. The van der Waals surface area contributed by atoms with Gasteiger partial charge in [0.25, 0.3) is 0 Å². The quantitative estimate of drug-likeness (QED) is 0.635. The van der Waals surface area contributed by atoms with Crippen molar-refractivity contribution in [2.75, 3.05) is 0 Å². The van der Waals surface area contributed by atoms with Crippen LogP contribution in [0.4, 0.5) is 0 Å². The normalized spacial score (nSPS) is 18.2. The van der Waals surface area contributed by atoms with Gasteiger partial charge in [-0.05, 0) is 37.3 Å². The third-order valence-corrected chi connectivity index (χ3v) is 4.05. The number of rotatable bonds is 5. The zero-order valence-electron chi connectivity index (χ0n) is 11.3. The molecule has 20 heavy (non-hydrogen) atoms. The molecule has 2 heterocycles. The van der Waals surface area contributed by atoms with E-state index >= 15 is 0 Å². The molecule has 0 spiro atoms. The van der Waals surface area contributed by atoms with Gasteiger partial charge in [0.2, 0.25) is 11.8 Å². The molecule has 2 amide bonds. The molecule has 1 aromatic heterocycles. The SMILES string of the molecule is CC1=NNC(=O)C1CCC(=O)N/N=C\c1sccc1C. The fourth-order valence-corrected chi connectivity index (χ4v) is 2.63. The monoisotopic (exact) mass is 292 g/mol. The van der Waals surface area contributed by atoms with E-state index in [9.17, 15) is 9.59 Å². The smallest absolute Gasteiger partial charge is 0.248 e. The molecule has 1 atom stereocenters. The fourth-order valence-electron chi connectivity index (χ4n) is 1.84. The summed E-state index contributed by atoms with van der Waals surface area (Å²) in [6.45, 7) is 3.76. The van der Waals surface area contributed by atoms with Crippen LogP contribution in [0.15, 0.2) is 21.6 Å². The van der Waals surface area contributed by atoms with Gasteiger partial charge in [0.1, 0.15) is 0 Å². The van der Waals surface area contributed by atoms with Gasteiger partial charge >= 0.3 is 0 Å². The second-order valence-corrected chi connectivity index (χ2v) is 5.53. The molecule has 1 aromatic rings. The van der Waals surface area contributed by atoms with Gasteiger partial charge in [0.15, 0.2) is 0 Å². The van der Waals surface area contributed by atoms with Gasteiger partial charge in [-0.1, -0.05) is 0 Å². The zero-order valence-corrected chi connectivity index (χ0v) is 12.2. The van der Waals surface area contributed by atoms with E-state index in [1.807, 2.05) is 18.4 Å². The number of amides is 2. The highest BCUT2D eigenvalue weighted by Gasteiger charge is 2.26. The highest BCUT2D eigenvalue weighted by atomic mass is 32.1. The van der Waals surface area contributed by atoms with Gasteiger partial charge in [0.05, 0.1) is 12.1 Å². The molecule has 1 unspecified atom stereocenters. The summed E-state index contributed by atoms with van der Waals surface area (Å²) in [7, 11) is 0. The minimum absolute atomic E-state index is 0.145. The summed E-state index contributed by atoms with van der Waals surface area (Å²) in [6.07, 6.45) is 2.32. The zero-order chi connectivity index (χ0) is 14.5. The maximum atomic E-state index is 11.6. The van der Waals surface area contributed by atoms with Crippen molar-refractivity contribution < 1.29 is 9.59 Å². The largest absolute Gasteiger partial charge is 0.273 e. The molecule has 0 radical (unpaired) electrons. The minimum Gasteiger partial charge on any atom is -0.273 e. The van der Waals surface area contributed by atoms with E-state index in [0.29, 0.717) is 6.42 Å². The molecule has 0 aliphatic carbocycles. The van der Waals surface area contributed by atoms with E-state index < -0.39 is 0 Å². The molecule has 0 saturated carbocycles. The van der Waals surface area contributed by atoms with E-state index in [4.69, 9.17) is 0 Å². The molecule has 0 saturated heterocycles. The van der Waals surface area contributed by atoms with Crippen LogP contribution in [0.1, 0.15) is 30.2 Å². The summed E-state index contributed by atoms with van der Waals surface area (Å²) in [6, 6.07) is 1.99. The fraction of sp³-hybridized carbons (Fsp3) is 0.385. The van der Waals surface area contributed by atoms with Crippen molar-refractivity contribution in [3.05, 3.63) is 21.9 Å². The Bertz CT molecular complexity index is 577. The van der Waals surface area contributed by atoms with Crippen molar-refractivity contribution in [3.8, 4) is 0 Å². The third kappa shape index (κ3) is 3.51. The third-order valence-electron chi connectivity index (χ3n) is 3.10. The van der Waals surface area contributed by atoms with E-state index in [0.717, 1.165) is 16.2 Å². The summed E-state index contributed by atoms with van der Waals surface area (Å²) >= 11 is 1.57. The molecule has 2 N–H and O–H groups in total. The number of carbonyl (C=O) groups is 2. The molecule has 0 bridgehead atoms. The number of hydrazone groups is 2. The topological polar surface area (TPSA) is 82.9 Å². The van der Waals surface area contributed by atoms with Crippen molar-refractivity contribution in [2.45, 2.75) is 26.7 Å². The Morgan fingerprint density at radius 1 is 1.60 bits per heavy atom. The summed E-state index contributed by atoms with van der Waals surface area (Å²) in [5.74, 6) is -0.653. The highest BCUT2D eigenvalue weighted by molar-refractivity contribution is 7.11. The van der Waals surface area contributed by atoms with Gasteiger partial charge in [-0.3, -0.25) is 9.59 Å². The van der Waals surface area contributed by atoms with Crippen LogP contribution in [0.2, 0.25) is 0 Å². The Labute approximate surface area is 121 Å². The number of aryl methyl sites for hydroxylation is 1.